The lowest BCUT2D eigenvalue weighted by molar-refractivity contribution is 0.224. The zero-order chi connectivity index (χ0) is 10.4. The lowest BCUT2D eigenvalue weighted by Gasteiger charge is -2.41. The molecule has 1 aliphatic rings. The van der Waals surface area contributed by atoms with Gasteiger partial charge in [-0.15, -0.1) is 0 Å². The summed E-state index contributed by atoms with van der Waals surface area (Å²) in [7, 11) is 0. The van der Waals surface area contributed by atoms with Crippen LogP contribution in [0.3, 0.4) is 0 Å². The number of pyridine rings is 1. The van der Waals surface area contributed by atoms with Crippen LogP contribution in [0.25, 0.3) is 6.08 Å². The maximum Gasteiger partial charge on any atom is 0.117 e. The number of aromatic nitrogens is 1. The highest BCUT2D eigenvalue weighted by atomic mass is 15.0. The van der Waals surface area contributed by atoms with E-state index in [4.69, 9.17) is 11.5 Å². The van der Waals surface area contributed by atoms with Crippen LogP contribution in [0, 0.1) is 5.41 Å². The summed E-state index contributed by atoms with van der Waals surface area (Å²) in [5, 5.41) is 0. The van der Waals surface area contributed by atoms with Crippen molar-refractivity contribution < 1.29 is 0 Å². The van der Waals surface area contributed by atoms with E-state index in [2.05, 4.69) is 4.98 Å². The summed E-state index contributed by atoms with van der Waals surface area (Å²) in [5.74, 6) is 0. The lowest BCUT2D eigenvalue weighted by atomic mass is 9.73. The van der Waals surface area contributed by atoms with Crippen molar-refractivity contribution in [3.05, 3.63) is 35.7 Å². The van der Waals surface area contributed by atoms with E-state index in [1.165, 1.54) is 0 Å². The van der Waals surface area contributed by atoms with Crippen LogP contribution in [-0.4, -0.2) is 4.98 Å². The van der Waals surface area contributed by atoms with Gasteiger partial charge < -0.3 is 11.5 Å². The summed E-state index contributed by atoms with van der Waals surface area (Å²) in [6, 6.07) is 3.86. The minimum absolute atomic E-state index is 0.269. The van der Waals surface area contributed by atoms with Gasteiger partial charge in [0, 0.05) is 11.6 Å². The molecule has 0 radical (unpaired) electrons. The average Bonchev–Trinajstić information content (AvgIpc) is 2.13. The van der Waals surface area contributed by atoms with E-state index in [0.717, 1.165) is 11.3 Å². The van der Waals surface area contributed by atoms with E-state index in [9.17, 15) is 0 Å². The summed E-state index contributed by atoms with van der Waals surface area (Å²) in [4.78, 5) is 4.27. The molecule has 0 spiro atoms. The van der Waals surface area contributed by atoms with Crippen LogP contribution in [0.1, 0.15) is 25.1 Å². The van der Waals surface area contributed by atoms with Gasteiger partial charge in [0.2, 0.25) is 0 Å². The normalized spacial score (nSPS) is 21.7. The van der Waals surface area contributed by atoms with Crippen molar-refractivity contribution in [2.45, 2.75) is 19.5 Å². The smallest absolute Gasteiger partial charge is 0.117 e. The summed E-state index contributed by atoms with van der Waals surface area (Å²) >= 11 is 0. The minimum atomic E-state index is -0.891. The van der Waals surface area contributed by atoms with E-state index >= 15 is 0 Å². The van der Waals surface area contributed by atoms with Gasteiger partial charge in [-0.25, -0.2) is 0 Å². The monoisotopic (exact) mass is 189 g/mol. The highest BCUT2D eigenvalue weighted by Gasteiger charge is 2.42. The Labute approximate surface area is 83.8 Å². The number of hydrogen-bond donors (Lipinski definition) is 2. The van der Waals surface area contributed by atoms with Crippen molar-refractivity contribution in [2.75, 3.05) is 0 Å². The van der Waals surface area contributed by atoms with Gasteiger partial charge in [0.15, 0.2) is 0 Å². The fourth-order valence-electron chi connectivity index (χ4n) is 1.64. The third kappa shape index (κ3) is 1.10. The summed E-state index contributed by atoms with van der Waals surface area (Å²) in [6.45, 7) is 4.03. The molecule has 2 rings (SSSR count). The number of hydrogen-bond acceptors (Lipinski definition) is 3. The van der Waals surface area contributed by atoms with Crippen LogP contribution in [0.2, 0.25) is 0 Å². The Morgan fingerprint density at radius 2 is 2.00 bits per heavy atom. The van der Waals surface area contributed by atoms with Crippen LogP contribution in [0.4, 0.5) is 0 Å². The molecule has 14 heavy (non-hydrogen) atoms. The highest BCUT2D eigenvalue weighted by Crippen LogP contribution is 2.39. The van der Waals surface area contributed by atoms with Gasteiger partial charge in [-0.05, 0) is 11.6 Å². The molecule has 1 aliphatic carbocycles. The summed E-state index contributed by atoms with van der Waals surface area (Å²) < 4.78 is 0. The zero-order valence-corrected chi connectivity index (χ0v) is 8.49. The molecule has 1 aromatic rings. The van der Waals surface area contributed by atoms with Crippen LogP contribution >= 0.6 is 0 Å². The second-order valence-corrected chi connectivity index (χ2v) is 4.37. The number of fused-ring (bicyclic) bond motifs is 1. The molecule has 0 aromatic carbocycles. The third-order valence-electron chi connectivity index (χ3n) is 2.98. The Morgan fingerprint density at radius 1 is 1.29 bits per heavy atom. The van der Waals surface area contributed by atoms with Gasteiger partial charge in [-0.1, -0.05) is 32.1 Å². The van der Waals surface area contributed by atoms with Crippen molar-refractivity contribution in [3.8, 4) is 0 Å². The van der Waals surface area contributed by atoms with Crippen molar-refractivity contribution in [2.24, 2.45) is 16.9 Å². The summed E-state index contributed by atoms with van der Waals surface area (Å²) in [6.07, 6.45) is 5.79. The van der Waals surface area contributed by atoms with Crippen LogP contribution in [-0.2, 0) is 5.66 Å². The Balaban J connectivity index is 2.66. The Morgan fingerprint density at radius 3 is 2.71 bits per heavy atom. The molecule has 0 amide bonds. The van der Waals surface area contributed by atoms with E-state index in [0.29, 0.717) is 0 Å². The van der Waals surface area contributed by atoms with Gasteiger partial charge in [0.05, 0.1) is 5.69 Å². The average molecular weight is 189 g/mol. The molecule has 1 aromatic heterocycles. The quantitative estimate of drug-likeness (QED) is 0.603. The first kappa shape index (κ1) is 9.37. The van der Waals surface area contributed by atoms with Crippen molar-refractivity contribution in [3.63, 3.8) is 0 Å². The van der Waals surface area contributed by atoms with Crippen LogP contribution in [0.5, 0.6) is 0 Å². The highest BCUT2D eigenvalue weighted by molar-refractivity contribution is 5.58. The molecule has 0 saturated carbocycles. The number of nitrogens with zero attached hydrogens (tertiary/aromatic N) is 1. The molecule has 0 atom stereocenters. The molecule has 4 N–H and O–H groups in total. The van der Waals surface area contributed by atoms with Gasteiger partial charge >= 0.3 is 0 Å². The maximum absolute atomic E-state index is 6.13. The van der Waals surface area contributed by atoms with Crippen molar-refractivity contribution in [1.29, 1.82) is 0 Å². The van der Waals surface area contributed by atoms with E-state index in [-0.39, 0.29) is 5.41 Å². The Bertz CT molecular complexity index is 391. The fourth-order valence-corrected chi connectivity index (χ4v) is 1.64. The number of rotatable bonds is 0. The van der Waals surface area contributed by atoms with Crippen LogP contribution < -0.4 is 11.5 Å². The van der Waals surface area contributed by atoms with Crippen LogP contribution in [0.15, 0.2) is 24.4 Å². The molecule has 1 heterocycles. The van der Waals surface area contributed by atoms with Gasteiger partial charge in [0.1, 0.15) is 5.66 Å². The SMILES string of the molecule is CC1(C)C=Cc2cccnc2C1(N)N. The summed E-state index contributed by atoms with van der Waals surface area (Å²) in [5.41, 5.74) is 12.9. The minimum Gasteiger partial charge on any atom is -0.308 e. The van der Waals surface area contributed by atoms with E-state index < -0.39 is 5.66 Å². The first-order valence-electron chi connectivity index (χ1n) is 4.68. The van der Waals surface area contributed by atoms with E-state index in [1.54, 1.807) is 6.20 Å². The Hall–Kier alpha value is -1.19. The zero-order valence-electron chi connectivity index (χ0n) is 8.49. The first-order valence-corrected chi connectivity index (χ1v) is 4.68. The molecule has 3 nitrogen and oxygen atoms in total. The second kappa shape index (κ2) is 2.65. The lowest BCUT2D eigenvalue weighted by Crippen LogP contribution is -2.58. The second-order valence-electron chi connectivity index (χ2n) is 4.37. The topological polar surface area (TPSA) is 64.9 Å². The largest absolute Gasteiger partial charge is 0.308 e. The molecular weight excluding hydrogens is 174 g/mol. The standard InChI is InChI=1S/C11H15N3/c1-10(2)6-5-8-4-3-7-14-9(8)11(10,12)13/h3-7H,12-13H2,1-2H3. The molecule has 3 heteroatoms. The molecule has 0 aliphatic heterocycles. The molecule has 0 bridgehead atoms. The number of nitrogens with two attached hydrogens (primary N) is 2. The molecule has 0 unspecified atom stereocenters. The van der Waals surface area contributed by atoms with Crippen molar-refractivity contribution in [1.82, 2.24) is 4.98 Å². The van der Waals surface area contributed by atoms with Gasteiger partial charge in [-0.3, -0.25) is 4.98 Å². The Kier molecular flexibility index (Phi) is 1.77. The molecule has 0 saturated heterocycles. The van der Waals surface area contributed by atoms with E-state index in [1.807, 2.05) is 38.1 Å². The van der Waals surface area contributed by atoms with Crippen molar-refractivity contribution >= 4 is 6.08 Å². The predicted octanol–water partition coefficient (Wildman–Crippen LogP) is 1.20. The predicted molar refractivity (Wildman–Crippen MR) is 57.1 cm³/mol. The molecule has 74 valence electrons. The van der Waals surface area contributed by atoms with Gasteiger partial charge in [-0.2, -0.15) is 0 Å². The molecular formula is C11H15N3. The third-order valence-corrected chi connectivity index (χ3v) is 2.98. The maximum atomic E-state index is 6.13. The van der Waals surface area contributed by atoms with Gasteiger partial charge in [0.25, 0.3) is 0 Å². The first-order chi connectivity index (χ1) is 6.45. The fraction of sp³-hybridized carbons (Fsp3) is 0.364. The molecule has 0 fully saturated rings.